The molecule has 164 valence electrons. The zero-order valence-corrected chi connectivity index (χ0v) is 18.8. The van der Waals surface area contributed by atoms with Crippen LogP contribution in [0.1, 0.15) is 37.0 Å². The second-order valence-electron chi connectivity index (χ2n) is 8.41. The molecular formula is C27H24N4O2. The van der Waals surface area contributed by atoms with Crippen LogP contribution in [0.4, 0.5) is 21.9 Å². The maximum atomic E-state index is 14.0. The molecule has 1 aliphatic heterocycles. The van der Waals surface area contributed by atoms with Crippen LogP contribution in [0, 0.1) is 24.8 Å². The Morgan fingerprint density at radius 1 is 1.03 bits per heavy atom. The van der Waals surface area contributed by atoms with Crippen LogP contribution in [-0.4, -0.2) is 16.7 Å². The van der Waals surface area contributed by atoms with Gasteiger partial charge in [0.05, 0.1) is 23.7 Å². The Morgan fingerprint density at radius 2 is 1.64 bits per heavy atom. The van der Waals surface area contributed by atoms with Crippen molar-refractivity contribution < 1.29 is 9.90 Å². The molecule has 2 unspecified atom stereocenters. The van der Waals surface area contributed by atoms with E-state index in [2.05, 4.69) is 10.9 Å². The molecule has 0 bridgehead atoms. The van der Waals surface area contributed by atoms with Crippen LogP contribution in [0.3, 0.4) is 0 Å². The van der Waals surface area contributed by atoms with E-state index in [1.807, 2.05) is 45.0 Å². The number of nitriles is 1. The van der Waals surface area contributed by atoms with Gasteiger partial charge in [-0.15, -0.1) is 0 Å². The lowest BCUT2D eigenvalue weighted by molar-refractivity contribution is -0.0118. The van der Waals surface area contributed by atoms with E-state index >= 15 is 0 Å². The van der Waals surface area contributed by atoms with Crippen molar-refractivity contribution in [3.63, 3.8) is 0 Å². The third kappa shape index (κ3) is 3.24. The third-order valence-electron chi connectivity index (χ3n) is 6.55. The summed E-state index contributed by atoms with van der Waals surface area (Å²) in [7, 11) is 0. The Bertz CT molecular complexity index is 1290. The quantitative estimate of drug-likeness (QED) is 0.519. The molecule has 0 aromatic heterocycles. The Morgan fingerprint density at radius 3 is 2.18 bits per heavy atom. The number of anilines is 2. The molecule has 1 heterocycles. The highest BCUT2D eigenvalue weighted by Gasteiger charge is 2.65. The Hall–Kier alpha value is -4.13. The van der Waals surface area contributed by atoms with E-state index in [0.29, 0.717) is 34.6 Å². The summed E-state index contributed by atoms with van der Waals surface area (Å²) in [6.07, 6.45) is 0.458. The summed E-state index contributed by atoms with van der Waals surface area (Å²) in [5.74, 6) is 0. The lowest BCUT2D eigenvalue weighted by Gasteiger charge is -2.44. The molecule has 1 saturated heterocycles. The summed E-state index contributed by atoms with van der Waals surface area (Å²) in [5.41, 5.74) is 0.860. The second-order valence-corrected chi connectivity index (χ2v) is 8.41. The van der Waals surface area contributed by atoms with Crippen molar-refractivity contribution in [1.29, 1.82) is 5.26 Å². The predicted molar refractivity (Wildman–Crippen MR) is 128 cm³/mol. The van der Waals surface area contributed by atoms with Gasteiger partial charge in [-0.05, 0) is 56.7 Å². The Labute approximate surface area is 193 Å². The van der Waals surface area contributed by atoms with Gasteiger partial charge >= 0.3 is 6.03 Å². The SMILES string of the molecule is [C-]#[N+]c1ccc(N2C(=O)N(c3ccc(C#N)cc3)C(C)(CC)C2(O)c2cccc(C)c2)cc1. The highest BCUT2D eigenvalue weighted by Crippen LogP contribution is 2.52. The molecule has 6 nitrogen and oxygen atoms in total. The molecule has 3 aromatic rings. The second kappa shape index (κ2) is 8.09. The minimum atomic E-state index is -1.70. The summed E-state index contributed by atoms with van der Waals surface area (Å²) in [5, 5.41) is 21.7. The van der Waals surface area contributed by atoms with Gasteiger partial charge in [-0.1, -0.05) is 48.9 Å². The van der Waals surface area contributed by atoms with Gasteiger partial charge in [0.25, 0.3) is 0 Å². The molecule has 2 amide bonds. The monoisotopic (exact) mass is 436 g/mol. The molecule has 1 fully saturated rings. The lowest BCUT2D eigenvalue weighted by Crippen LogP contribution is -2.57. The first-order valence-corrected chi connectivity index (χ1v) is 10.7. The first-order valence-electron chi connectivity index (χ1n) is 10.7. The van der Waals surface area contributed by atoms with E-state index in [9.17, 15) is 15.2 Å². The number of rotatable bonds is 4. The van der Waals surface area contributed by atoms with Gasteiger partial charge < -0.3 is 5.11 Å². The minimum absolute atomic E-state index is 0.386. The summed E-state index contributed by atoms with van der Waals surface area (Å²) in [4.78, 5) is 20.5. The number of aliphatic hydroxyl groups is 1. The molecule has 3 aromatic carbocycles. The first kappa shape index (κ1) is 22.1. The molecule has 0 saturated carbocycles. The zero-order valence-electron chi connectivity index (χ0n) is 18.8. The summed E-state index contributed by atoms with van der Waals surface area (Å²) in [6, 6.07) is 22.7. The maximum absolute atomic E-state index is 14.0. The van der Waals surface area contributed by atoms with Crippen molar-refractivity contribution >= 4 is 23.1 Å². The van der Waals surface area contributed by atoms with Crippen LogP contribution in [0.5, 0.6) is 0 Å². The maximum Gasteiger partial charge on any atom is 0.332 e. The number of amides is 2. The fourth-order valence-electron chi connectivity index (χ4n) is 4.61. The standard InChI is InChI=1S/C27H24N4O2/c1-5-26(3)27(33,21-8-6-7-19(2)17-21)31(24-15-11-22(29-4)12-16-24)25(32)30(26)23-13-9-20(18-28)10-14-23/h6-17,33H,5H2,1-3H3. The molecular weight excluding hydrogens is 412 g/mol. The first-order chi connectivity index (χ1) is 15.8. The zero-order chi connectivity index (χ0) is 23.8. The van der Waals surface area contributed by atoms with Gasteiger partial charge in [-0.25, -0.2) is 9.64 Å². The van der Waals surface area contributed by atoms with Crippen molar-refractivity contribution in [2.24, 2.45) is 0 Å². The topological polar surface area (TPSA) is 71.9 Å². The number of aryl methyl sites for hydroxylation is 1. The largest absolute Gasteiger partial charge is 0.364 e. The van der Waals surface area contributed by atoms with Crippen LogP contribution in [0.2, 0.25) is 0 Å². The lowest BCUT2D eigenvalue weighted by atomic mass is 9.79. The van der Waals surface area contributed by atoms with Crippen LogP contribution < -0.4 is 9.80 Å². The third-order valence-corrected chi connectivity index (χ3v) is 6.55. The van der Waals surface area contributed by atoms with E-state index in [0.717, 1.165) is 5.56 Å². The van der Waals surface area contributed by atoms with Crippen LogP contribution in [0.25, 0.3) is 4.85 Å². The number of hydrogen-bond donors (Lipinski definition) is 1. The Kier molecular flexibility index (Phi) is 5.41. The summed E-state index contributed by atoms with van der Waals surface area (Å²) >= 11 is 0. The number of nitrogens with zero attached hydrogens (tertiary/aromatic N) is 4. The normalized spacial score (nSPS) is 22.2. The van der Waals surface area contributed by atoms with Crippen LogP contribution in [-0.2, 0) is 5.72 Å². The Balaban J connectivity index is 1.99. The van der Waals surface area contributed by atoms with Gasteiger partial charge in [0, 0.05) is 16.9 Å². The van der Waals surface area contributed by atoms with Gasteiger partial charge in [0.1, 0.15) is 0 Å². The van der Waals surface area contributed by atoms with E-state index in [-0.39, 0.29) is 6.03 Å². The molecule has 0 aliphatic carbocycles. The van der Waals surface area contributed by atoms with E-state index in [1.54, 1.807) is 53.4 Å². The molecule has 0 radical (unpaired) electrons. The molecule has 6 heteroatoms. The van der Waals surface area contributed by atoms with Crippen molar-refractivity contribution in [3.05, 3.63) is 101 Å². The van der Waals surface area contributed by atoms with Crippen molar-refractivity contribution in [2.75, 3.05) is 9.80 Å². The fourth-order valence-corrected chi connectivity index (χ4v) is 4.61. The number of benzene rings is 3. The molecule has 1 aliphatic rings. The number of carbonyl (C=O) groups excluding carboxylic acids is 1. The summed E-state index contributed by atoms with van der Waals surface area (Å²) in [6.45, 7) is 13.0. The van der Waals surface area contributed by atoms with Crippen molar-refractivity contribution in [3.8, 4) is 6.07 Å². The predicted octanol–water partition coefficient (Wildman–Crippen LogP) is 5.88. The van der Waals surface area contributed by atoms with Crippen molar-refractivity contribution in [1.82, 2.24) is 0 Å². The smallest absolute Gasteiger partial charge is 0.332 e. The number of hydrogen-bond acceptors (Lipinski definition) is 3. The minimum Gasteiger partial charge on any atom is -0.364 e. The molecule has 4 rings (SSSR count). The summed E-state index contributed by atoms with van der Waals surface area (Å²) < 4.78 is 0. The molecule has 0 spiro atoms. The highest BCUT2D eigenvalue weighted by atomic mass is 16.3. The van der Waals surface area contributed by atoms with E-state index in [1.165, 1.54) is 4.90 Å². The van der Waals surface area contributed by atoms with E-state index in [4.69, 9.17) is 6.57 Å². The average Bonchev–Trinajstić information content (AvgIpc) is 3.02. The molecule has 33 heavy (non-hydrogen) atoms. The number of carbonyl (C=O) groups is 1. The molecule has 2 atom stereocenters. The van der Waals surface area contributed by atoms with E-state index < -0.39 is 11.3 Å². The van der Waals surface area contributed by atoms with Crippen LogP contribution >= 0.6 is 0 Å². The molecule has 1 N–H and O–H groups in total. The highest BCUT2D eigenvalue weighted by molar-refractivity contribution is 6.09. The van der Waals surface area contributed by atoms with Gasteiger partial charge in [-0.3, -0.25) is 9.80 Å². The van der Waals surface area contributed by atoms with Gasteiger partial charge in [0.2, 0.25) is 0 Å². The fraction of sp³-hybridized carbons (Fsp3) is 0.222. The number of urea groups is 1. The van der Waals surface area contributed by atoms with Crippen molar-refractivity contribution in [2.45, 2.75) is 38.5 Å². The van der Waals surface area contributed by atoms with Crippen LogP contribution in [0.15, 0.2) is 72.8 Å². The van der Waals surface area contributed by atoms with Gasteiger partial charge in [0.15, 0.2) is 11.4 Å². The van der Waals surface area contributed by atoms with Gasteiger partial charge in [-0.2, -0.15) is 5.26 Å². The average molecular weight is 437 g/mol.